The highest BCUT2D eigenvalue weighted by atomic mass is 16.5. The maximum Gasteiger partial charge on any atom is 0.323 e. The van der Waals surface area contributed by atoms with Crippen LogP contribution >= 0.6 is 0 Å². The molecule has 1 aliphatic rings. The first-order valence-electron chi connectivity index (χ1n) is 8.36. The first kappa shape index (κ1) is 16.5. The molecule has 1 saturated carbocycles. The number of rotatable bonds is 6. The highest BCUT2D eigenvalue weighted by Crippen LogP contribution is 2.36. The number of nitrogens with zero attached hydrogens (tertiary/aromatic N) is 1. The lowest BCUT2D eigenvalue weighted by Crippen LogP contribution is -2.32. The van der Waals surface area contributed by atoms with E-state index in [0.29, 0.717) is 12.5 Å². The fraction of sp³-hybridized carbons (Fsp3) is 0.579. The summed E-state index contributed by atoms with van der Waals surface area (Å²) >= 11 is 0. The van der Waals surface area contributed by atoms with Crippen LogP contribution in [0.2, 0.25) is 0 Å². The van der Waals surface area contributed by atoms with E-state index in [0.717, 1.165) is 19.3 Å². The van der Waals surface area contributed by atoms with Gasteiger partial charge in [-0.1, -0.05) is 62.4 Å². The molecule has 3 heteroatoms. The van der Waals surface area contributed by atoms with E-state index in [2.05, 4.69) is 18.2 Å². The van der Waals surface area contributed by atoms with Gasteiger partial charge in [0.25, 0.3) is 0 Å². The molecule has 2 atom stereocenters. The third-order valence-electron chi connectivity index (χ3n) is 4.68. The Morgan fingerprint density at radius 2 is 1.95 bits per heavy atom. The molecule has 1 aliphatic carbocycles. The summed E-state index contributed by atoms with van der Waals surface area (Å²) in [6.07, 6.45) is 6.70. The fourth-order valence-electron chi connectivity index (χ4n) is 3.56. The van der Waals surface area contributed by atoms with Crippen molar-refractivity contribution in [2.45, 2.75) is 45.4 Å². The van der Waals surface area contributed by atoms with Gasteiger partial charge in [0.1, 0.15) is 5.92 Å². The molecule has 0 bridgehead atoms. The third-order valence-corrected chi connectivity index (χ3v) is 4.68. The normalized spacial score (nSPS) is 18.2. The van der Waals surface area contributed by atoms with Crippen molar-refractivity contribution in [2.75, 3.05) is 6.61 Å². The van der Waals surface area contributed by atoms with Gasteiger partial charge in [0, 0.05) is 0 Å². The summed E-state index contributed by atoms with van der Waals surface area (Å²) in [7, 11) is 0. The summed E-state index contributed by atoms with van der Waals surface area (Å²) < 4.78 is 5.14. The Morgan fingerprint density at radius 3 is 2.55 bits per heavy atom. The van der Waals surface area contributed by atoms with Gasteiger partial charge in [-0.05, 0) is 30.7 Å². The van der Waals surface area contributed by atoms with Crippen molar-refractivity contribution < 1.29 is 9.53 Å². The van der Waals surface area contributed by atoms with Crippen LogP contribution in [0.3, 0.4) is 0 Å². The van der Waals surface area contributed by atoms with Crippen LogP contribution in [-0.2, 0) is 16.0 Å². The van der Waals surface area contributed by atoms with Crippen LogP contribution < -0.4 is 0 Å². The van der Waals surface area contributed by atoms with Gasteiger partial charge >= 0.3 is 5.97 Å². The Balaban J connectivity index is 2.19. The number of esters is 1. The SMILES string of the molecule is CCOC(=O)C(C#N)C(Cc1ccccc1)C1CCCCC1. The number of nitriles is 1. The Labute approximate surface area is 133 Å². The largest absolute Gasteiger partial charge is 0.465 e. The molecule has 0 aromatic heterocycles. The smallest absolute Gasteiger partial charge is 0.323 e. The molecule has 22 heavy (non-hydrogen) atoms. The number of ether oxygens (including phenoxy) is 1. The summed E-state index contributed by atoms with van der Waals surface area (Å²) in [4.78, 5) is 12.2. The summed E-state index contributed by atoms with van der Waals surface area (Å²) in [5.41, 5.74) is 1.20. The minimum Gasteiger partial charge on any atom is -0.465 e. The third kappa shape index (κ3) is 4.34. The maximum absolute atomic E-state index is 12.2. The van der Waals surface area contributed by atoms with Crippen molar-refractivity contribution in [1.29, 1.82) is 5.26 Å². The standard InChI is InChI=1S/C19H25NO2/c1-2-22-19(21)18(14-20)17(16-11-7-4-8-12-16)13-15-9-5-3-6-10-15/h3,5-6,9-10,16-18H,2,4,7-8,11-13H2,1H3. The van der Waals surface area contributed by atoms with Crippen LogP contribution in [0.25, 0.3) is 0 Å². The van der Waals surface area contributed by atoms with Crippen molar-refractivity contribution in [3.63, 3.8) is 0 Å². The summed E-state index contributed by atoms with van der Waals surface area (Å²) in [5.74, 6) is -0.491. The fourth-order valence-corrected chi connectivity index (χ4v) is 3.56. The van der Waals surface area contributed by atoms with E-state index in [9.17, 15) is 10.1 Å². The molecule has 0 radical (unpaired) electrons. The highest BCUT2D eigenvalue weighted by Gasteiger charge is 2.36. The van der Waals surface area contributed by atoms with Crippen molar-refractivity contribution in [2.24, 2.45) is 17.8 Å². The van der Waals surface area contributed by atoms with Crippen molar-refractivity contribution >= 4 is 5.97 Å². The Kier molecular flexibility index (Phi) is 6.45. The molecule has 0 saturated heterocycles. The molecular formula is C19H25NO2. The molecule has 0 spiro atoms. The van der Waals surface area contributed by atoms with Crippen LogP contribution in [0.15, 0.2) is 30.3 Å². The van der Waals surface area contributed by atoms with E-state index in [-0.39, 0.29) is 11.9 Å². The first-order chi connectivity index (χ1) is 10.8. The van der Waals surface area contributed by atoms with Gasteiger partial charge in [-0.3, -0.25) is 4.79 Å². The van der Waals surface area contributed by atoms with E-state index in [1.54, 1.807) is 6.92 Å². The van der Waals surface area contributed by atoms with Crippen LogP contribution in [0, 0.1) is 29.1 Å². The zero-order valence-corrected chi connectivity index (χ0v) is 13.3. The van der Waals surface area contributed by atoms with E-state index >= 15 is 0 Å². The monoisotopic (exact) mass is 299 g/mol. The molecule has 0 aliphatic heterocycles. The van der Waals surface area contributed by atoms with E-state index in [1.807, 2.05) is 18.2 Å². The van der Waals surface area contributed by atoms with Gasteiger partial charge in [-0.25, -0.2) is 0 Å². The average Bonchev–Trinajstić information content (AvgIpc) is 2.56. The van der Waals surface area contributed by atoms with Crippen molar-refractivity contribution in [3.05, 3.63) is 35.9 Å². The molecule has 2 unspecified atom stereocenters. The van der Waals surface area contributed by atoms with Gasteiger partial charge in [-0.15, -0.1) is 0 Å². The lowest BCUT2D eigenvalue weighted by molar-refractivity contribution is -0.148. The lowest BCUT2D eigenvalue weighted by atomic mass is 9.72. The molecule has 0 amide bonds. The van der Waals surface area contributed by atoms with Crippen LogP contribution in [0.4, 0.5) is 0 Å². The number of hydrogen-bond donors (Lipinski definition) is 0. The molecule has 0 heterocycles. The topological polar surface area (TPSA) is 50.1 Å². The maximum atomic E-state index is 12.2. The van der Waals surface area contributed by atoms with Crippen molar-refractivity contribution in [1.82, 2.24) is 0 Å². The Morgan fingerprint density at radius 1 is 1.27 bits per heavy atom. The molecule has 1 aromatic rings. The number of carbonyl (C=O) groups excluding carboxylic acids is 1. The molecular weight excluding hydrogens is 274 g/mol. The predicted molar refractivity (Wildman–Crippen MR) is 85.9 cm³/mol. The second-order valence-electron chi connectivity index (χ2n) is 6.11. The van der Waals surface area contributed by atoms with Gasteiger partial charge in [0.05, 0.1) is 12.7 Å². The van der Waals surface area contributed by atoms with Crippen LogP contribution in [-0.4, -0.2) is 12.6 Å². The van der Waals surface area contributed by atoms with E-state index in [4.69, 9.17) is 4.74 Å². The van der Waals surface area contributed by atoms with Gasteiger partial charge in [-0.2, -0.15) is 5.26 Å². The average molecular weight is 299 g/mol. The number of carbonyl (C=O) groups is 1. The zero-order valence-electron chi connectivity index (χ0n) is 13.3. The quantitative estimate of drug-likeness (QED) is 0.742. The molecule has 1 fully saturated rings. The lowest BCUT2D eigenvalue weighted by Gasteiger charge is -2.32. The highest BCUT2D eigenvalue weighted by molar-refractivity contribution is 5.75. The Bertz CT molecular complexity index is 500. The summed E-state index contributed by atoms with van der Waals surface area (Å²) in [6, 6.07) is 12.4. The van der Waals surface area contributed by atoms with Crippen LogP contribution in [0.5, 0.6) is 0 Å². The Hall–Kier alpha value is -1.82. The first-order valence-corrected chi connectivity index (χ1v) is 8.36. The molecule has 2 rings (SSSR count). The van der Waals surface area contributed by atoms with Crippen LogP contribution in [0.1, 0.15) is 44.6 Å². The predicted octanol–water partition coefficient (Wildman–Crippen LogP) is 4.13. The second-order valence-corrected chi connectivity index (χ2v) is 6.11. The second kappa shape index (κ2) is 8.58. The van der Waals surface area contributed by atoms with Crippen molar-refractivity contribution in [3.8, 4) is 6.07 Å². The number of benzene rings is 1. The zero-order chi connectivity index (χ0) is 15.8. The summed E-state index contributed by atoms with van der Waals surface area (Å²) in [6.45, 7) is 2.12. The minimum absolute atomic E-state index is 0.0618. The molecule has 3 nitrogen and oxygen atoms in total. The van der Waals surface area contributed by atoms with E-state index in [1.165, 1.54) is 24.8 Å². The minimum atomic E-state index is -0.650. The molecule has 0 N–H and O–H groups in total. The van der Waals surface area contributed by atoms with Gasteiger partial charge in [0.2, 0.25) is 0 Å². The van der Waals surface area contributed by atoms with E-state index < -0.39 is 5.92 Å². The van der Waals surface area contributed by atoms with Gasteiger partial charge < -0.3 is 4.74 Å². The molecule has 1 aromatic carbocycles. The summed E-state index contributed by atoms with van der Waals surface area (Å²) in [5, 5.41) is 9.55. The molecule has 118 valence electrons. The van der Waals surface area contributed by atoms with Gasteiger partial charge in [0.15, 0.2) is 0 Å². The number of hydrogen-bond acceptors (Lipinski definition) is 3.